The SMILES string of the molecule is CC(C)CN1CCN(C2(CN)CCCCC2C)CC1. The molecule has 1 saturated carbocycles. The van der Waals surface area contributed by atoms with Crippen LogP contribution in [-0.2, 0) is 0 Å². The molecule has 19 heavy (non-hydrogen) atoms. The predicted octanol–water partition coefficient (Wildman–Crippen LogP) is 2.17. The Balaban J connectivity index is 1.94. The van der Waals surface area contributed by atoms with Gasteiger partial charge in [-0.1, -0.05) is 33.6 Å². The second-order valence-corrected chi connectivity index (χ2v) is 7.14. The average Bonchev–Trinajstić information content (AvgIpc) is 2.40. The van der Waals surface area contributed by atoms with Crippen molar-refractivity contribution in [1.29, 1.82) is 0 Å². The lowest BCUT2D eigenvalue weighted by Gasteiger charge is -2.53. The third kappa shape index (κ3) is 3.32. The van der Waals surface area contributed by atoms with Crippen LogP contribution >= 0.6 is 0 Å². The third-order valence-electron chi connectivity index (χ3n) is 5.39. The maximum Gasteiger partial charge on any atom is 0.0358 e. The van der Waals surface area contributed by atoms with E-state index in [9.17, 15) is 0 Å². The average molecular weight is 267 g/mol. The van der Waals surface area contributed by atoms with Gasteiger partial charge < -0.3 is 10.6 Å². The van der Waals surface area contributed by atoms with Gasteiger partial charge in [-0.25, -0.2) is 0 Å². The van der Waals surface area contributed by atoms with E-state index in [1.165, 1.54) is 58.4 Å². The van der Waals surface area contributed by atoms with Crippen molar-refractivity contribution in [2.45, 2.75) is 52.0 Å². The largest absolute Gasteiger partial charge is 0.329 e. The zero-order valence-electron chi connectivity index (χ0n) is 13.2. The Hall–Kier alpha value is -0.120. The minimum Gasteiger partial charge on any atom is -0.329 e. The van der Waals surface area contributed by atoms with Gasteiger partial charge in [0.15, 0.2) is 0 Å². The number of hydrogen-bond donors (Lipinski definition) is 1. The van der Waals surface area contributed by atoms with Gasteiger partial charge in [-0.3, -0.25) is 4.90 Å². The van der Waals surface area contributed by atoms with E-state index in [0.717, 1.165) is 18.4 Å². The maximum atomic E-state index is 6.22. The molecule has 0 aromatic carbocycles. The molecule has 112 valence electrons. The van der Waals surface area contributed by atoms with Gasteiger partial charge in [0.05, 0.1) is 0 Å². The number of nitrogens with zero attached hydrogens (tertiary/aromatic N) is 2. The second-order valence-electron chi connectivity index (χ2n) is 7.14. The molecule has 0 aromatic rings. The minimum atomic E-state index is 0.308. The summed E-state index contributed by atoms with van der Waals surface area (Å²) in [6.45, 7) is 14.0. The van der Waals surface area contributed by atoms with Crippen molar-refractivity contribution in [2.75, 3.05) is 39.3 Å². The minimum absolute atomic E-state index is 0.308. The van der Waals surface area contributed by atoms with Crippen LogP contribution in [0.2, 0.25) is 0 Å². The monoisotopic (exact) mass is 267 g/mol. The Bertz CT molecular complexity index is 271. The van der Waals surface area contributed by atoms with E-state index in [2.05, 4.69) is 30.6 Å². The highest BCUT2D eigenvalue weighted by atomic mass is 15.3. The molecular weight excluding hydrogens is 234 g/mol. The lowest BCUT2D eigenvalue weighted by Crippen LogP contribution is -2.64. The normalized spacial score (nSPS) is 34.9. The molecule has 0 radical (unpaired) electrons. The quantitative estimate of drug-likeness (QED) is 0.847. The van der Waals surface area contributed by atoms with Crippen molar-refractivity contribution in [2.24, 2.45) is 17.6 Å². The van der Waals surface area contributed by atoms with Crippen LogP contribution in [-0.4, -0.2) is 54.6 Å². The number of rotatable bonds is 4. The Kier molecular flexibility index (Phi) is 5.27. The van der Waals surface area contributed by atoms with Gasteiger partial charge in [0, 0.05) is 44.8 Å². The van der Waals surface area contributed by atoms with E-state index in [4.69, 9.17) is 5.73 Å². The molecule has 1 aliphatic heterocycles. The maximum absolute atomic E-state index is 6.22. The van der Waals surface area contributed by atoms with Crippen LogP contribution < -0.4 is 5.73 Å². The van der Waals surface area contributed by atoms with Gasteiger partial charge in [0.2, 0.25) is 0 Å². The van der Waals surface area contributed by atoms with Crippen LogP contribution in [0.15, 0.2) is 0 Å². The van der Waals surface area contributed by atoms with Crippen molar-refractivity contribution in [1.82, 2.24) is 9.80 Å². The van der Waals surface area contributed by atoms with Crippen molar-refractivity contribution >= 4 is 0 Å². The van der Waals surface area contributed by atoms with Crippen LogP contribution in [0.5, 0.6) is 0 Å². The van der Waals surface area contributed by atoms with E-state index in [0.29, 0.717) is 5.54 Å². The van der Waals surface area contributed by atoms with Crippen molar-refractivity contribution < 1.29 is 0 Å². The summed E-state index contributed by atoms with van der Waals surface area (Å²) in [5.74, 6) is 1.55. The van der Waals surface area contributed by atoms with Gasteiger partial charge in [-0.15, -0.1) is 0 Å². The van der Waals surface area contributed by atoms with Gasteiger partial charge in [-0.05, 0) is 24.7 Å². The number of nitrogens with two attached hydrogens (primary N) is 1. The van der Waals surface area contributed by atoms with Gasteiger partial charge in [-0.2, -0.15) is 0 Å². The molecule has 2 N–H and O–H groups in total. The van der Waals surface area contributed by atoms with Crippen LogP contribution in [0, 0.1) is 11.8 Å². The molecule has 3 nitrogen and oxygen atoms in total. The van der Waals surface area contributed by atoms with Crippen LogP contribution in [0.3, 0.4) is 0 Å². The Morgan fingerprint density at radius 1 is 1.16 bits per heavy atom. The molecule has 3 heteroatoms. The smallest absolute Gasteiger partial charge is 0.0358 e. The zero-order valence-corrected chi connectivity index (χ0v) is 13.2. The van der Waals surface area contributed by atoms with Gasteiger partial charge in [0.1, 0.15) is 0 Å². The topological polar surface area (TPSA) is 32.5 Å². The lowest BCUT2D eigenvalue weighted by molar-refractivity contribution is -0.0208. The summed E-state index contributed by atoms with van der Waals surface area (Å²) in [5.41, 5.74) is 6.53. The molecule has 1 saturated heterocycles. The molecule has 2 atom stereocenters. The highest BCUT2D eigenvalue weighted by Crippen LogP contribution is 2.38. The predicted molar refractivity (Wildman–Crippen MR) is 82.3 cm³/mol. The van der Waals surface area contributed by atoms with E-state index >= 15 is 0 Å². The summed E-state index contributed by atoms with van der Waals surface area (Å²) in [7, 11) is 0. The molecule has 2 aliphatic rings. The second kappa shape index (κ2) is 6.55. The fourth-order valence-corrected chi connectivity index (χ4v) is 4.19. The van der Waals surface area contributed by atoms with E-state index in [1.807, 2.05) is 0 Å². The van der Waals surface area contributed by atoms with Crippen molar-refractivity contribution in [3.05, 3.63) is 0 Å². The Labute approximate surface area is 119 Å². The molecular formula is C16H33N3. The van der Waals surface area contributed by atoms with Crippen LogP contribution in [0.25, 0.3) is 0 Å². The first-order valence-electron chi connectivity index (χ1n) is 8.26. The van der Waals surface area contributed by atoms with Crippen molar-refractivity contribution in [3.63, 3.8) is 0 Å². The molecule has 0 bridgehead atoms. The van der Waals surface area contributed by atoms with Crippen LogP contribution in [0.4, 0.5) is 0 Å². The summed E-state index contributed by atoms with van der Waals surface area (Å²) >= 11 is 0. The standard InChI is InChI=1S/C16H33N3/c1-14(2)12-18-8-10-19(11-9-18)16(13-17)7-5-4-6-15(16)3/h14-15H,4-13,17H2,1-3H3. The van der Waals surface area contributed by atoms with Gasteiger partial charge in [0.25, 0.3) is 0 Å². The third-order valence-corrected chi connectivity index (χ3v) is 5.39. The zero-order chi connectivity index (χ0) is 13.9. The van der Waals surface area contributed by atoms with E-state index in [-0.39, 0.29) is 0 Å². The first kappa shape index (κ1) is 15.3. The fraction of sp³-hybridized carbons (Fsp3) is 1.00. The summed E-state index contributed by atoms with van der Waals surface area (Å²) in [6.07, 6.45) is 5.45. The molecule has 1 heterocycles. The fourth-order valence-electron chi connectivity index (χ4n) is 4.19. The molecule has 0 aromatic heterocycles. The molecule has 0 spiro atoms. The van der Waals surface area contributed by atoms with E-state index in [1.54, 1.807) is 0 Å². The molecule has 2 unspecified atom stereocenters. The summed E-state index contributed by atoms with van der Waals surface area (Å²) in [5, 5.41) is 0. The number of piperazine rings is 1. The highest BCUT2D eigenvalue weighted by Gasteiger charge is 2.42. The Morgan fingerprint density at radius 2 is 1.84 bits per heavy atom. The highest BCUT2D eigenvalue weighted by molar-refractivity contribution is 4.99. The molecule has 2 rings (SSSR count). The number of hydrogen-bond acceptors (Lipinski definition) is 3. The Morgan fingerprint density at radius 3 is 2.37 bits per heavy atom. The van der Waals surface area contributed by atoms with Crippen molar-refractivity contribution in [3.8, 4) is 0 Å². The first-order valence-corrected chi connectivity index (χ1v) is 8.26. The van der Waals surface area contributed by atoms with Gasteiger partial charge >= 0.3 is 0 Å². The summed E-state index contributed by atoms with van der Waals surface area (Å²) in [4.78, 5) is 5.35. The van der Waals surface area contributed by atoms with E-state index < -0.39 is 0 Å². The molecule has 2 fully saturated rings. The van der Waals surface area contributed by atoms with Crippen LogP contribution in [0.1, 0.15) is 46.5 Å². The first-order chi connectivity index (χ1) is 9.08. The summed E-state index contributed by atoms with van der Waals surface area (Å²) in [6, 6.07) is 0. The molecule has 0 amide bonds. The summed E-state index contributed by atoms with van der Waals surface area (Å²) < 4.78 is 0. The lowest BCUT2D eigenvalue weighted by atomic mass is 9.72. The molecule has 1 aliphatic carbocycles.